The fourth-order valence-corrected chi connectivity index (χ4v) is 4.09. The molecule has 23 heavy (non-hydrogen) atoms. The van der Waals surface area contributed by atoms with Gasteiger partial charge in [0.15, 0.2) is 0 Å². The van der Waals surface area contributed by atoms with Crippen molar-refractivity contribution in [3.8, 4) is 0 Å². The van der Waals surface area contributed by atoms with E-state index in [1.165, 1.54) is 19.1 Å². The molecule has 2 aromatic rings. The van der Waals surface area contributed by atoms with E-state index < -0.39 is 11.7 Å². The average molecular weight is 386 g/mol. The Balaban J connectivity index is 2.05. The Kier molecular flexibility index (Phi) is 5.85. The van der Waals surface area contributed by atoms with E-state index in [1.807, 2.05) is 30.3 Å². The third-order valence-corrected chi connectivity index (χ3v) is 5.50. The molecular weight excluding hydrogens is 370 g/mol. The number of hydrogen-bond acceptors (Lipinski definition) is 1. The van der Waals surface area contributed by atoms with E-state index >= 15 is 0 Å². The molecule has 0 aliphatic rings. The van der Waals surface area contributed by atoms with Crippen LogP contribution in [0.2, 0.25) is 5.32 Å². The Labute approximate surface area is 139 Å². The second-order valence-electron chi connectivity index (χ2n) is 5.00. The van der Waals surface area contributed by atoms with E-state index in [4.69, 9.17) is 0 Å². The quantitative estimate of drug-likeness (QED) is 0.785. The van der Waals surface area contributed by atoms with Crippen LogP contribution in [0.1, 0.15) is 24.1 Å². The predicted molar refractivity (Wildman–Crippen MR) is 84.6 cm³/mol. The molecule has 2 rings (SSSR count). The molecule has 1 unspecified atom stereocenters. The predicted octanol–water partition coefficient (Wildman–Crippen LogP) is 3.33. The Morgan fingerprint density at radius 3 is 2.22 bits per heavy atom. The normalized spacial score (nSPS) is 12.7. The Hall–Kier alpha value is -1.78. The molecule has 1 atom stereocenters. The van der Waals surface area contributed by atoms with E-state index in [-0.39, 0.29) is 26.9 Å². The number of nitrogens with one attached hydrogen (secondary N) is 1. The minimum absolute atomic E-state index is 0.0346. The summed E-state index contributed by atoms with van der Waals surface area (Å²) in [5.74, 6) is -0.123. The summed E-state index contributed by atoms with van der Waals surface area (Å²) in [6.45, 7) is 1.46. The fraction of sp³-hybridized carbons (Fsp3) is 0.235. The van der Waals surface area contributed by atoms with Gasteiger partial charge >= 0.3 is 139 Å². The van der Waals surface area contributed by atoms with Crippen molar-refractivity contribution in [3.05, 3.63) is 65.7 Å². The number of alkyl halides is 3. The second-order valence-corrected chi connectivity index (χ2v) is 7.29. The van der Waals surface area contributed by atoms with Crippen molar-refractivity contribution in [3.63, 3.8) is 0 Å². The molecule has 0 heterocycles. The molecule has 0 bridgehead atoms. The van der Waals surface area contributed by atoms with Crippen molar-refractivity contribution in [1.82, 2.24) is 5.32 Å². The SMILES string of the molecule is CC(=O)NC(C[Se]c1ccc(C(F)(F)F)cc1)c1ccccc1. The third kappa shape index (κ3) is 5.41. The van der Waals surface area contributed by atoms with E-state index in [2.05, 4.69) is 5.32 Å². The van der Waals surface area contributed by atoms with Crippen LogP contribution < -0.4 is 9.78 Å². The van der Waals surface area contributed by atoms with Crippen LogP contribution in [0.3, 0.4) is 0 Å². The summed E-state index contributed by atoms with van der Waals surface area (Å²) in [6, 6.07) is 14.7. The molecule has 0 aromatic heterocycles. The van der Waals surface area contributed by atoms with Gasteiger partial charge in [-0.15, -0.1) is 0 Å². The van der Waals surface area contributed by atoms with Gasteiger partial charge in [-0.3, -0.25) is 0 Å². The molecule has 0 saturated heterocycles. The van der Waals surface area contributed by atoms with Gasteiger partial charge in [-0.2, -0.15) is 0 Å². The molecule has 1 N–H and O–H groups in total. The van der Waals surface area contributed by atoms with Crippen molar-refractivity contribution in [2.75, 3.05) is 0 Å². The van der Waals surface area contributed by atoms with E-state index in [0.29, 0.717) is 5.32 Å². The van der Waals surface area contributed by atoms with Crippen molar-refractivity contribution >= 4 is 25.3 Å². The van der Waals surface area contributed by atoms with Crippen LogP contribution in [-0.4, -0.2) is 20.9 Å². The first-order chi connectivity index (χ1) is 10.9. The van der Waals surface area contributed by atoms with Crippen molar-refractivity contribution < 1.29 is 18.0 Å². The maximum atomic E-state index is 12.6. The zero-order valence-electron chi connectivity index (χ0n) is 12.4. The Morgan fingerprint density at radius 2 is 1.70 bits per heavy atom. The number of benzene rings is 2. The van der Waals surface area contributed by atoms with Crippen LogP contribution in [0, 0.1) is 0 Å². The standard InChI is InChI=1S/C17H16F3NOSe/c1-12(22)21-16(13-5-3-2-4-6-13)11-23-15-9-7-14(8-10-15)17(18,19)20/h2-10,16H,11H2,1H3,(H,21,22). The second kappa shape index (κ2) is 7.66. The van der Waals surface area contributed by atoms with Gasteiger partial charge in [0.25, 0.3) is 0 Å². The maximum absolute atomic E-state index is 12.6. The zero-order chi connectivity index (χ0) is 16.9. The van der Waals surface area contributed by atoms with Gasteiger partial charge in [-0.05, 0) is 0 Å². The van der Waals surface area contributed by atoms with Gasteiger partial charge in [0.1, 0.15) is 0 Å². The summed E-state index contributed by atoms with van der Waals surface area (Å²) < 4.78 is 38.5. The van der Waals surface area contributed by atoms with Crippen LogP contribution in [0.25, 0.3) is 0 Å². The van der Waals surface area contributed by atoms with Gasteiger partial charge in [0, 0.05) is 0 Å². The number of halogens is 3. The summed E-state index contributed by atoms with van der Waals surface area (Å²) in [5.41, 5.74) is 0.356. The van der Waals surface area contributed by atoms with Crippen molar-refractivity contribution in [2.24, 2.45) is 0 Å². The number of amides is 1. The molecule has 0 fully saturated rings. The van der Waals surface area contributed by atoms with E-state index in [1.54, 1.807) is 0 Å². The first kappa shape index (κ1) is 17.6. The summed E-state index contributed by atoms with van der Waals surface area (Å²) in [5, 5.41) is 3.58. The summed E-state index contributed by atoms with van der Waals surface area (Å²) in [4.78, 5) is 11.4. The summed E-state index contributed by atoms with van der Waals surface area (Å²) in [7, 11) is 0. The first-order valence-corrected chi connectivity index (χ1v) is 9.05. The van der Waals surface area contributed by atoms with Crippen LogP contribution >= 0.6 is 0 Å². The number of carbonyl (C=O) groups excluding carboxylic acids is 1. The number of hydrogen-bond donors (Lipinski definition) is 1. The van der Waals surface area contributed by atoms with Gasteiger partial charge in [0.05, 0.1) is 0 Å². The van der Waals surface area contributed by atoms with Gasteiger partial charge in [0.2, 0.25) is 0 Å². The molecule has 0 saturated carbocycles. The summed E-state index contributed by atoms with van der Waals surface area (Å²) in [6.07, 6.45) is -4.31. The fourth-order valence-electron chi connectivity index (χ4n) is 2.07. The monoisotopic (exact) mass is 387 g/mol. The molecule has 2 aromatic carbocycles. The molecule has 122 valence electrons. The van der Waals surface area contributed by atoms with Gasteiger partial charge in [-0.25, -0.2) is 0 Å². The molecule has 0 aliphatic carbocycles. The van der Waals surface area contributed by atoms with Crippen LogP contribution in [-0.2, 0) is 11.0 Å². The van der Waals surface area contributed by atoms with Crippen molar-refractivity contribution in [1.29, 1.82) is 0 Å². The average Bonchev–Trinajstić information content (AvgIpc) is 2.51. The molecule has 6 heteroatoms. The number of carbonyl (C=O) groups is 1. The molecule has 2 nitrogen and oxygen atoms in total. The molecule has 0 spiro atoms. The Bertz CT molecular complexity index is 641. The van der Waals surface area contributed by atoms with Gasteiger partial charge < -0.3 is 0 Å². The molecule has 0 aliphatic heterocycles. The zero-order valence-corrected chi connectivity index (χ0v) is 14.1. The van der Waals surface area contributed by atoms with Crippen LogP contribution in [0.4, 0.5) is 13.2 Å². The minimum atomic E-state index is -4.31. The van der Waals surface area contributed by atoms with E-state index in [0.717, 1.165) is 22.2 Å². The topological polar surface area (TPSA) is 29.1 Å². The Morgan fingerprint density at radius 1 is 1.09 bits per heavy atom. The molecule has 0 radical (unpaired) electrons. The molecular formula is C17H16F3NOSe. The van der Waals surface area contributed by atoms with E-state index in [9.17, 15) is 18.0 Å². The van der Waals surface area contributed by atoms with Gasteiger partial charge in [-0.1, -0.05) is 0 Å². The van der Waals surface area contributed by atoms with Crippen LogP contribution in [0.15, 0.2) is 54.6 Å². The number of rotatable bonds is 5. The summed E-state index contributed by atoms with van der Waals surface area (Å²) >= 11 is -0.0346. The van der Waals surface area contributed by atoms with Crippen LogP contribution in [0.5, 0.6) is 0 Å². The third-order valence-electron chi connectivity index (χ3n) is 3.18. The first-order valence-electron chi connectivity index (χ1n) is 6.98. The van der Waals surface area contributed by atoms with Crippen molar-refractivity contribution in [2.45, 2.75) is 24.5 Å². The molecule has 1 amide bonds.